The molecule has 3 nitrogen and oxygen atoms in total. The van der Waals surface area contributed by atoms with Crippen LogP contribution in [0.25, 0.3) is 0 Å². The lowest BCUT2D eigenvalue weighted by molar-refractivity contribution is -0.178. The van der Waals surface area contributed by atoms with Gasteiger partial charge in [-0.3, -0.25) is 10.1 Å². The lowest BCUT2D eigenvalue weighted by Gasteiger charge is -2.24. The van der Waals surface area contributed by atoms with Crippen molar-refractivity contribution in [1.29, 1.82) is 0 Å². The second-order valence-electron chi connectivity index (χ2n) is 3.99. The van der Waals surface area contributed by atoms with Gasteiger partial charge in [-0.15, -0.1) is 6.58 Å². The molecule has 19 heavy (non-hydrogen) atoms. The Labute approximate surface area is 108 Å². The van der Waals surface area contributed by atoms with Gasteiger partial charge in [-0.25, -0.2) is 0 Å². The normalized spacial score (nSPS) is 14.7. The number of alkyl halides is 3. The first-order valence-electron chi connectivity index (χ1n) is 5.55. The zero-order valence-corrected chi connectivity index (χ0v) is 10.0. The van der Waals surface area contributed by atoms with Crippen LogP contribution < -0.4 is 5.32 Å². The van der Waals surface area contributed by atoms with E-state index in [1.165, 1.54) is 0 Å². The second-order valence-corrected chi connectivity index (χ2v) is 3.99. The Morgan fingerprint density at radius 1 is 1.37 bits per heavy atom. The number of halogens is 3. The fourth-order valence-corrected chi connectivity index (χ4v) is 1.65. The first-order valence-corrected chi connectivity index (χ1v) is 5.55. The lowest BCUT2D eigenvalue weighted by Crippen LogP contribution is -2.47. The summed E-state index contributed by atoms with van der Waals surface area (Å²) in [6, 6.07) is 6.85. The minimum atomic E-state index is -4.64. The third-order valence-corrected chi connectivity index (χ3v) is 2.63. The lowest BCUT2D eigenvalue weighted by atomic mass is 9.99. The summed E-state index contributed by atoms with van der Waals surface area (Å²) in [6.45, 7) is 3.10. The Bertz CT molecular complexity index is 431. The molecule has 0 aliphatic heterocycles. The van der Waals surface area contributed by atoms with Crippen LogP contribution in [-0.2, 0) is 11.3 Å². The highest BCUT2D eigenvalue weighted by Gasteiger charge is 2.45. The Hall–Kier alpha value is -1.82. The monoisotopic (exact) mass is 273 g/mol. The number of carbonyl (C=O) groups is 1. The van der Waals surface area contributed by atoms with E-state index in [0.29, 0.717) is 11.6 Å². The minimum Gasteiger partial charge on any atom is -0.480 e. The molecule has 2 atom stereocenters. The van der Waals surface area contributed by atoms with Crippen molar-refractivity contribution in [2.45, 2.75) is 18.8 Å². The van der Waals surface area contributed by atoms with E-state index in [2.05, 4.69) is 11.9 Å². The minimum absolute atomic E-state index is 0.0399. The molecule has 104 valence electrons. The van der Waals surface area contributed by atoms with Gasteiger partial charge in [0.2, 0.25) is 0 Å². The van der Waals surface area contributed by atoms with Crippen molar-refractivity contribution in [3.05, 3.63) is 48.6 Å². The summed E-state index contributed by atoms with van der Waals surface area (Å²) >= 11 is 0. The quantitative estimate of drug-likeness (QED) is 0.783. The fourth-order valence-electron chi connectivity index (χ4n) is 1.65. The third kappa shape index (κ3) is 4.40. The average molecular weight is 273 g/mol. The fraction of sp³-hybridized carbons (Fsp3) is 0.308. The number of benzene rings is 1. The van der Waals surface area contributed by atoms with E-state index in [1.807, 2.05) is 0 Å². The number of carboxylic acids is 1. The topological polar surface area (TPSA) is 49.3 Å². The number of nitrogens with one attached hydrogen (secondary N) is 1. The Balaban J connectivity index is 2.78. The van der Waals surface area contributed by atoms with E-state index in [1.54, 1.807) is 30.3 Å². The maximum atomic E-state index is 12.7. The molecule has 1 aromatic carbocycles. The number of rotatable bonds is 6. The summed E-state index contributed by atoms with van der Waals surface area (Å²) in [7, 11) is 0. The SMILES string of the molecule is C=C[C@H]([C@H](NCc1ccccc1)C(=O)O)C(F)(F)F. The summed E-state index contributed by atoms with van der Waals surface area (Å²) in [4.78, 5) is 11.0. The maximum Gasteiger partial charge on any atom is 0.397 e. The van der Waals surface area contributed by atoms with Gasteiger partial charge in [-0.2, -0.15) is 13.2 Å². The summed E-state index contributed by atoms with van der Waals surface area (Å²) in [5.41, 5.74) is 0.707. The Morgan fingerprint density at radius 2 is 1.95 bits per heavy atom. The molecule has 0 spiro atoms. The number of aliphatic carboxylic acids is 1. The first-order chi connectivity index (χ1) is 8.86. The summed E-state index contributed by atoms with van der Waals surface area (Å²) < 4.78 is 38.0. The van der Waals surface area contributed by atoms with Crippen LogP contribution in [0.5, 0.6) is 0 Å². The van der Waals surface area contributed by atoms with Crippen molar-refractivity contribution in [3.63, 3.8) is 0 Å². The predicted octanol–water partition coefficient (Wildman–Crippen LogP) is 2.59. The molecule has 0 aliphatic carbocycles. The Morgan fingerprint density at radius 3 is 2.37 bits per heavy atom. The number of hydrogen-bond donors (Lipinski definition) is 2. The van der Waals surface area contributed by atoms with Crippen molar-refractivity contribution in [2.24, 2.45) is 5.92 Å². The van der Waals surface area contributed by atoms with Gasteiger partial charge >= 0.3 is 12.1 Å². The smallest absolute Gasteiger partial charge is 0.397 e. The van der Waals surface area contributed by atoms with E-state index in [4.69, 9.17) is 5.11 Å². The second kappa shape index (κ2) is 6.38. The molecule has 0 saturated heterocycles. The molecule has 1 aromatic rings. The van der Waals surface area contributed by atoms with E-state index < -0.39 is 24.1 Å². The van der Waals surface area contributed by atoms with E-state index in [-0.39, 0.29) is 6.54 Å². The van der Waals surface area contributed by atoms with E-state index in [9.17, 15) is 18.0 Å². The zero-order chi connectivity index (χ0) is 14.5. The molecule has 0 fully saturated rings. The van der Waals surface area contributed by atoms with Gasteiger partial charge in [0.05, 0.1) is 5.92 Å². The molecule has 1 rings (SSSR count). The van der Waals surface area contributed by atoms with E-state index >= 15 is 0 Å². The van der Waals surface area contributed by atoms with Gasteiger partial charge in [0.1, 0.15) is 6.04 Å². The molecule has 0 radical (unpaired) electrons. The van der Waals surface area contributed by atoms with Crippen molar-refractivity contribution >= 4 is 5.97 Å². The number of carboxylic acid groups (broad SMARTS) is 1. The maximum absolute atomic E-state index is 12.7. The highest BCUT2D eigenvalue weighted by molar-refractivity contribution is 5.74. The molecular formula is C13H14F3NO2. The van der Waals surface area contributed by atoms with Gasteiger partial charge < -0.3 is 5.11 Å². The van der Waals surface area contributed by atoms with Crippen LogP contribution >= 0.6 is 0 Å². The van der Waals surface area contributed by atoms with Gasteiger partial charge in [0, 0.05) is 6.54 Å². The van der Waals surface area contributed by atoms with Crippen molar-refractivity contribution in [3.8, 4) is 0 Å². The Kier molecular flexibility index (Phi) is 5.11. The molecule has 0 amide bonds. The standard InChI is InChI=1S/C13H14F3NO2/c1-2-10(13(14,15)16)11(12(18)19)17-8-9-6-4-3-5-7-9/h2-7,10-11,17H,1,8H2,(H,18,19)/t10-,11+/m1/s1. The predicted molar refractivity (Wildman–Crippen MR) is 64.4 cm³/mol. The van der Waals surface area contributed by atoms with E-state index in [0.717, 1.165) is 0 Å². The molecule has 0 aromatic heterocycles. The zero-order valence-electron chi connectivity index (χ0n) is 10.0. The summed E-state index contributed by atoms with van der Waals surface area (Å²) in [5.74, 6) is -3.69. The molecule has 0 aliphatic rings. The summed E-state index contributed by atoms with van der Waals surface area (Å²) in [5, 5.41) is 11.3. The van der Waals surface area contributed by atoms with Crippen LogP contribution in [0.15, 0.2) is 43.0 Å². The van der Waals surface area contributed by atoms with Gasteiger partial charge in [-0.05, 0) is 5.56 Å². The van der Waals surface area contributed by atoms with Crippen molar-refractivity contribution in [2.75, 3.05) is 0 Å². The molecule has 2 N–H and O–H groups in total. The largest absolute Gasteiger partial charge is 0.480 e. The van der Waals surface area contributed by atoms with Crippen LogP contribution in [0.3, 0.4) is 0 Å². The van der Waals surface area contributed by atoms with Crippen molar-refractivity contribution in [1.82, 2.24) is 5.32 Å². The molecule has 0 saturated carbocycles. The van der Waals surface area contributed by atoms with Crippen LogP contribution in [0, 0.1) is 5.92 Å². The molecule has 0 unspecified atom stereocenters. The number of hydrogen-bond acceptors (Lipinski definition) is 2. The first kappa shape index (κ1) is 15.2. The van der Waals surface area contributed by atoms with Gasteiger partial charge in [0.15, 0.2) is 0 Å². The molecule has 0 bridgehead atoms. The van der Waals surface area contributed by atoms with Crippen LogP contribution in [0.4, 0.5) is 13.2 Å². The van der Waals surface area contributed by atoms with Crippen LogP contribution in [0.1, 0.15) is 5.56 Å². The van der Waals surface area contributed by atoms with Gasteiger partial charge in [-0.1, -0.05) is 36.4 Å². The summed E-state index contributed by atoms with van der Waals surface area (Å²) in [6.07, 6.45) is -4.04. The molecule has 6 heteroatoms. The van der Waals surface area contributed by atoms with Crippen molar-refractivity contribution < 1.29 is 23.1 Å². The highest BCUT2D eigenvalue weighted by atomic mass is 19.4. The van der Waals surface area contributed by atoms with Crippen LogP contribution in [-0.4, -0.2) is 23.3 Å². The third-order valence-electron chi connectivity index (χ3n) is 2.63. The van der Waals surface area contributed by atoms with Gasteiger partial charge in [0.25, 0.3) is 0 Å². The molecular weight excluding hydrogens is 259 g/mol. The van der Waals surface area contributed by atoms with Crippen LogP contribution in [0.2, 0.25) is 0 Å². The highest BCUT2D eigenvalue weighted by Crippen LogP contribution is 2.30. The molecule has 0 heterocycles. The average Bonchev–Trinajstić information content (AvgIpc) is 2.33.